The third kappa shape index (κ3) is 4.58. The van der Waals surface area contributed by atoms with Gasteiger partial charge in [-0.3, -0.25) is 0 Å². The lowest BCUT2D eigenvalue weighted by Gasteiger charge is -2.11. The molecule has 4 nitrogen and oxygen atoms in total. The van der Waals surface area contributed by atoms with E-state index in [1.807, 2.05) is 0 Å². The molecule has 0 atom stereocenters. The zero-order chi connectivity index (χ0) is 21.6. The van der Waals surface area contributed by atoms with Gasteiger partial charge >= 0.3 is 0 Å². The third-order valence-electron chi connectivity index (χ3n) is 5.69. The normalized spacial score (nSPS) is 11.2. The third-order valence-corrected chi connectivity index (χ3v) is 5.69. The molecule has 0 radical (unpaired) electrons. The second-order valence-electron chi connectivity index (χ2n) is 8.00. The lowest BCUT2D eigenvalue weighted by atomic mass is 9.99. The Labute approximate surface area is 184 Å². The van der Waals surface area contributed by atoms with Crippen molar-refractivity contribution in [3.8, 4) is 22.5 Å². The van der Waals surface area contributed by atoms with Crippen molar-refractivity contribution in [3.05, 3.63) is 72.4 Å². The van der Waals surface area contributed by atoms with E-state index in [9.17, 15) is 0 Å². The largest absolute Gasteiger partial charge is 0.240 e. The molecule has 0 fully saturated rings. The van der Waals surface area contributed by atoms with Crippen molar-refractivity contribution in [2.75, 3.05) is 0 Å². The van der Waals surface area contributed by atoms with Crippen molar-refractivity contribution >= 4 is 17.4 Å². The number of unbranched alkanes of at least 4 members (excludes halogenated alkanes) is 2. The van der Waals surface area contributed by atoms with Crippen LogP contribution < -0.4 is 0 Å². The molecule has 4 rings (SSSR count). The van der Waals surface area contributed by atoms with Gasteiger partial charge in [0.25, 0.3) is 0 Å². The Bertz CT molecular complexity index is 1150. The predicted molar refractivity (Wildman–Crippen MR) is 130 cm³/mol. The molecule has 0 saturated carbocycles. The van der Waals surface area contributed by atoms with Gasteiger partial charge in [-0.05, 0) is 36.8 Å². The number of hydrogen-bond acceptors (Lipinski definition) is 3. The molecule has 0 spiro atoms. The SMILES string of the molecule is C=Cn1ncc2nc(-c3ccc(CCCC)cc3)c(-c3ccc(CCCC)cc3)nc21. The van der Waals surface area contributed by atoms with Crippen LogP contribution in [0.2, 0.25) is 0 Å². The summed E-state index contributed by atoms with van der Waals surface area (Å²) in [5, 5.41) is 4.35. The molecule has 0 unspecified atom stereocenters. The fourth-order valence-corrected chi connectivity index (χ4v) is 3.82. The van der Waals surface area contributed by atoms with Gasteiger partial charge in [0.05, 0.1) is 17.6 Å². The van der Waals surface area contributed by atoms with E-state index >= 15 is 0 Å². The van der Waals surface area contributed by atoms with Gasteiger partial charge in [0.2, 0.25) is 0 Å². The highest BCUT2D eigenvalue weighted by atomic mass is 15.3. The minimum Gasteiger partial charge on any atom is -0.240 e. The van der Waals surface area contributed by atoms with Gasteiger partial charge in [0.1, 0.15) is 5.52 Å². The molecule has 31 heavy (non-hydrogen) atoms. The first-order valence-corrected chi connectivity index (χ1v) is 11.3. The number of aromatic nitrogens is 4. The summed E-state index contributed by atoms with van der Waals surface area (Å²) in [6, 6.07) is 17.5. The number of rotatable bonds is 9. The van der Waals surface area contributed by atoms with Crippen LogP contribution in [0.25, 0.3) is 39.9 Å². The topological polar surface area (TPSA) is 43.6 Å². The maximum atomic E-state index is 4.98. The van der Waals surface area contributed by atoms with Gasteiger partial charge in [-0.1, -0.05) is 81.8 Å². The standard InChI is InChI=1S/C27H30N4/c1-4-7-9-20-11-15-22(16-12-20)25-26(23-17-13-21(14-18-23)10-8-5-2)30-27-24(29-25)19-28-31(27)6-3/h6,11-19H,3-5,7-10H2,1-2H3. The van der Waals surface area contributed by atoms with Crippen molar-refractivity contribution in [3.63, 3.8) is 0 Å². The van der Waals surface area contributed by atoms with Crippen LogP contribution in [0.1, 0.15) is 50.7 Å². The number of nitrogens with zero attached hydrogens (tertiary/aromatic N) is 4. The average molecular weight is 411 g/mol. The van der Waals surface area contributed by atoms with Gasteiger partial charge in [0, 0.05) is 17.3 Å². The van der Waals surface area contributed by atoms with Crippen LogP contribution in [0.15, 0.2) is 61.3 Å². The van der Waals surface area contributed by atoms with Crippen molar-refractivity contribution in [1.82, 2.24) is 19.7 Å². The molecule has 0 N–H and O–H groups in total. The molecular weight excluding hydrogens is 380 g/mol. The van der Waals surface area contributed by atoms with E-state index in [4.69, 9.17) is 9.97 Å². The van der Waals surface area contributed by atoms with E-state index in [0.29, 0.717) is 0 Å². The van der Waals surface area contributed by atoms with Gasteiger partial charge in [-0.2, -0.15) is 5.10 Å². The van der Waals surface area contributed by atoms with E-state index in [0.717, 1.165) is 46.5 Å². The Morgan fingerprint density at radius 2 is 1.29 bits per heavy atom. The maximum absolute atomic E-state index is 4.98. The summed E-state index contributed by atoms with van der Waals surface area (Å²) in [5.74, 6) is 0. The summed E-state index contributed by atoms with van der Waals surface area (Å²) in [5.41, 5.74) is 8.12. The van der Waals surface area contributed by atoms with Gasteiger partial charge in [-0.15, -0.1) is 0 Å². The van der Waals surface area contributed by atoms with Crippen LogP contribution in [-0.2, 0) is 12.8 Å². The van der Waals surface area contributed by atoms with Crippen molar-refractivity contribution in [2.24, 2.45) is 0 Å². The summed E-state index contributed by atoms with van der Waals surface area (Å²) in [6.07, 6.45) is 10.5. The van der Waals surface area contributed by atoms with Crippen LogP contribution >= 0.6 is 0 Å². The van der Waals surface area contributed by atoms with Gasteiger partial charge < -0.3 is 0 Å². The fourth-order valence-electron chi connectivity index (χ4n) is 3.82. The summed E-state index contributed by atoms with van der Waals surface area (Å²) in [4.78, 5) is 9.94. The van der Waals surface area contributed by atoms with Gasteiger partial charge in [-0.25, -0.2) is 14.6 Å². The molecule has 0 saturated heterocycles. The summed E-state index contributed by atoms with van der Waals surface area (Å²) in [6.45, 7) is 8.29. The molecule has 4 aromatic rings. The molecule has 0 aliphatic rings. The summed E-state index contributed by atoms with van der Waals surface area (Å²) < 4.78 is 1.68. The monoisotopic (exact) mass is 410 g/mol. The van der Waals surface area contributed by atoms with E-state index in [-0.39, 0.29) is 0 Å². The first-order valence-electron chi connectivity index (χ1n) is 11.3. The smallest absolute Gasteiger partial charge is 0.181 e. The second-order valence-corrected chi connectivity index (χ2v) is 8.00. The van der Waals surface area contributed by atoms with E-state index in [2.05, 4.69) is 74.1 Å². The average Bonchev–Trinajstić information content (AvgIpc) is 3.23. The molecule has 2 aromatic carbocycles. The highest BCUT2D eigenvalue weighted by Gasteiger charge is 2.15. The Morgan fingerprint density at radius 3 is 1.77 bits per heavy atom. The Hall–Kier alpha value is -3.27. The molecule has 4 heteroatoms. The summed E-state index contributed by atoms with van der Waals surface area (Å²) in [7, 11) is 0. The van der Waals surface area contributed by atoms with Crippen LogP contribution in [0.5, 0.6) is 0 Å². The minimum atomic E-state index is 0.725. The molecule has 0 bridgehead atoms. The highest BCUT2D eigenvalue weighted by Crippen LogP contribution is 2.31. The molecule has 0 aliphatic heterocycles. The molecule has 158 valence electrons. The van der Waals surface area contributed by atoms with Crippen LogP contribution in [0.4, 0.5) is 0 Å². The predicted octanol–water partition coefficient (Wildman–Crippen LogP) is 6.95. The molecule has 2 aromatic heterocycles. The molecule has 0 amide bonds. The number of fused-ring (bicyclic) bond motifs is 1. The molecule has 2 heterocycles. The lowest BCUT2D eigenvalue weighted by molar-refractivity contribution is 0.795. The lowest BCUT2D eigenvalue weighted by Crippen LogP contribution is -1.98. The first-order chi connectivity index (χ1) is 15.2. The highest BCUT2D eigenvalue weighted by molar-refractivity contribution is 5.85. The zero-order valence-corrected chi connectivity index (χ0v) is 18.5. The van der Waals surface area contributed by atoms with E-state index in [1.54, 1.807) is 17.1 Å². The Kier molecular flexibility index (Phi) is 6.56. The van der Waals surface area contributed by atoms with Crippen molar-refractivity contribution in [2.45, 2.75) is 52.4 Å². The van der Waals surface area contributed by atoms with E-state index < -0.39 is 0 Å². The number of hydrogen-bond donors (Lipinski definition) is 0. The van der Waals surface area contributed by atoms with Crippen LogP contribution in [-0.4, -0.2) is 19.7 Å². The number of aryl methyl sites for hydroxylation is 2. The van der Waals surface area contributed by atoms with Crippen molar-refractivity contribution < 1.29 is 0 Å². The van der Waals surface area contributed by atoms with E-state index in [1.165, 1.54) is 36.8 Å². The fraction of sp³-hybridized carbons (Fsp3) is 0.296. The van der Waals surface area contributed by atoms with Crippen molar-refractivity contribution in [1.29, 1.82) is 0 Å². The zero-order valence-electron chi connectivity index (χ0n) is 18.5. The molecule has 0 aliphatic carbocycles. The minimum absolute atomic E-state index is 0.725. The second kappa shape index (κ2) is 9.69. The quantitative estimate of drug-likeness (QED) is 0.300. The van der Waals surface area contributed by atoms with Crippen LogP contribution in [0.3, 0.4) is 0 Å². The Balaban J connectivity index is 1.79. The summed E-state index contributed by atoms with van der Waals surface area (Å²) >= 11 is 0. The number of benzene rings is 2. The Morgan fingerprint density at radius 1 is 0.774 bits per heavy atom. The molecular formula is C27H30N4. The maximum Gasteiger partial charge on any atom is 0.181 e. The first kappa shape index (κ1) is 21.0. The van der Waals surface area contributed by atoms with Crippen LogP contribution in [0, 0.1) is 0 Å². The van der Waals surface area contributed by atoms with Gasteiger partial charge in [0.15, 0.2) is 5.65 Å².